The van der Waals surface area contributed by atoms with Gasteiger partial charge in [0.15, 0.2) is 0 Å². The Morgan fingerprint density at radius 2 is 1.64 bits per heavy atom. The predicted molar refractivity (Wildman–Crippen MR) is 60.0 cm³/mol. The molecule has 1 rings (SSSR count). The van der Waals surface area contributed by atoms with Gasteiger partial charge in [0.25, 0.3) is 0 Å². The summed E-state index contributed by atoms with van der Waals surface area (Å²) >= 11 is -2.77. The molecule has 0 atom stereocenters. The van der Waals surface area contributed by atoms with Gasteiger partial charge in [-0.05, 0) is 0 Å². The average Bonchev–Trinajstić information content (AvgIpc) is 2.28. The van der Waals surface area contributed by atoms with Crippen LogP contribution in [0.2, 0.25) is 10.4 Å². The zero-order valence-corrected chi connectivity index (χ0v) is 10.9. The normalized spacial score (nSPS) is 11.4. The summed E-state index contributed by atoms with van der Waals surface area (Å²) in [5.41, 5.74) is 0. The quantitative estimate of drug-likeness (QED) is 0.773. The summed E-state index contributed by atoms with van der Waals surface area (Å²) in [5, 5.41) is 1.59. The molecule has 0 aromatic heterocycles. The van der Waals surface area contributed by atoms with E-state index in [4.69, 9.17) is 4.74 Å². The molecule has 1 aromatic rings. The van der Waals surface area contributed by atoms with E-state index in [1.807, 2.05) is 38.1 Å². The first kappa shape index (κ1) is 11.5. The van der Waals surface area contributed by atoms with Crippen molar-refractivity contribution in [3.63, 3.8) is 0 Å². The third-order valence-electron chi connectivity index (χ3n) is 2.56. The first-order valence-corrected chi connectivity index (χ1v) is 9.24. The van der Waals surface area contributed by atoms with Crippen LogP contribution in [-0.2, 0) is 3.74 Å². The van der Waals surface area contributed by atoms with Gasteiger partial charge >= 0.3 is 87.7 Å². The van der Waals surface area contributed by atoms with E-state index in [0.717, 1.165) is 20.5 Å². The van der Waals surface area contributed by atoms with Crippen LogP contribution in [-0.4, -0.2) is 20.6 Å². The first-order valence-electron chi connectivity index (χ1n) is 4.89. The maximum absolute atomic E-state index is 12.4. The monoisotopic (exact) mass is 256 g/mol. The summed E-state index contributed by atoms with van der Waals surface area (Å²) in [6.45, 7) is 4.02. The molecule has 0 aliphatic heterocycles. The zero-order chi connectivity index (χ0) is 10.6. The fourth-order valence-electron chi connectivity index (χ4n) is 1.44. The molecule has 0 aliphatic carbocycles. The van der Waals surface area contributed by atoms with Crippen molar-refractivity contribution in [2.24, 2.45) is 0 Å². The third-order valence-corrected chi connectivity index (χ3v) is 9.45. The Labute approximate surface area is 88.0 Å². The van der Waals surface area contributed by atoms with E-state index >= 15 is 0 Å². The van der Waals surface area contributed by atoms with Gasteiger partial charge in [0, 0.05) is 0 Å². The zero-order valence-electron chi connectivity index (χ0n) is 8.99. The van der Waals surface area contributed by atoms with Gasteiger partial charge in [-0.2, -0.15) is 0 Å². The van der Waals surface area contributed by atoms with Crippen LogP contribution in [0.4, 0.5) is 0 Å². The molecule has 0 aliphatic rings. The standard InChI is InChI=1S/C11H17AsO2/c1-4-12(13,5-2)10-6-8-11(14-3)9-7-10/h6-9H,4-5H2,1-3H3. The third kappa shape index (κ3) is 2.24. The molecule has 0 unspecified atom stereocenters. The van der Waals surface area contributed by atoms with Crippen molar-refractivity contribution in [1.29, 1.82) is 0 Å². The summed E-state index contributed by atoms with van der Waals surface area (Å²) in [6.07, 6.45) is 0. The first-order chi connectivity index (χ1) is 6.66. The predicted octanol–water partition coefficient (Wildman–Crippen LogP) is 2.32. The molecular weight excluding hydrogens is 239 g/mol. The van der Waals surface area contributed by atoms with Gasteiger partial charge in [-0.3, -0.25) is 0 Å². The number of hydrogen-bond donors (Lipinski definition) is 0. The van der Waals surface area contributed by atoms with Crippen LogP contribution < -0.4 is 9.09 Å². The fourth-order valence-corrected chi connectivity index (χ4v) is 5.37. The van der Waals surface area contributed by atoms with Crippen LogP contribution in [0.1, 0.15) is 13.8 Å². The Morgan fingerprint density at radius 3 is 2.00 bits per heavy atom. The Bertz CT molecular complexity index is 322. The average molecular weight is 256 g/mol. The van der Waals surface area contributed by atoms with Crippen LogP contribution in [0.15, 0.2) is 24.3 Å². The van der Waals surface area contributed by atoms with Crippen LogP contribution in [0.25, 0.3) is 0 Å². The molecule has 3 heteroatoms. The molecular formula is C11H17AsO2. The van der Waals surface area contributed by atoms with Crippen molar-refractivity contribution in [1.82, 2.24) is 0 Å². The Balaban J connectivity index is 3.01. The fraction of sp³-hybridized carbons (Fsp3) is 0.455. The molecule has 0 N–H and O–H groups in total. The second-order valence-corrected chi connectivity index (χ2v) is 10.7. The van der Waals surface area contributed by atoms with Crippen molar-refractivity contribution in [2.45, 2.75) is 24.3 Å². The molecule has 0 bridgehead atoms. The number of benzene rings is 1. The molecule has 0 heterocycles. The molecule has 0 spiro atoms. The molecule has 0 saturated carbocycles. The van der Waals surface area contributed by atoms with Crippen molar-refractivity contribution in [3.05, 3.63) is 24.3 Å². The Hall–Kier alpha value is -0.622. The molecule has 78 valence electrons. The number of methoxy groups -OCH3 is 1. The van der Waals surface area contributed by atoms with E-state index in [2.05, 4.69) is 0 Å². The second-order valence-electron chi connectivity index (χ2n) is 3.22. The van der Waals surface area contributed by atoms with E-state index in [0.29, 0.717) is 0 Å². The molecule has 14 heavy (non-hydrogen) atoms. The van der Waals surface area contributed by atoms with Crippen molar-refractivity contribution in [3.8, 4) is 5.75 Å². The van der Waals surface area contributed by atoms with Crippen LogP contribution in [0, 0.1) is 0 Å². The second kappa shape index (κ2) is 4.74. The van der Waals surface area contributed by atoms with Crippen molar-refractivity contribution < 1.29 is 8.48 Å². The number of ether oxygens (including phenoxy) is 1. The molecule has 0 fully saturated rings. The van der Waals surface area contributed by atoms with Gasteiger partial charge in [0.1, 0.15) is 0 Å². The topological polar surface area (TPSA) is 26.3 Å². The summed E-state index contributed by atoms with van der Waals surface area (Å²) in [4.78, 5) is 0. The van der Waals surface area contributed by atoms with Gasteiger partial charge in [-0.1, -0.05) is 0 Å². The summed E-state index contributed by atoms with van der Waals surface area (Å²) in [6, 6.07) is 7.64. The van der Waals surface area contributed by atoms with E-state index in [1.165, 1.54) is 0 Å². The van der Waals surface area contributed by atoms with E-state index < -0.39 is 13.5 Å². The van der Waals surface area contributed by atoms with E-state index in [9.17, 15) is 3.74 Å². The van der Waals surface area contributed by atoms with Gasteiger partial charge in [-0.15, -0.1) is 0 Å². The molecule has 2 nitrogen and oxygen atoms in total. The summed E-state index contributed by atoms with van der Waals surface area (Å²) in [5.74, 6) is 0.822. The molecule has 0 radical (unpaired) electrons. The van der Waals surface area contributed by atoms with Crippen LogP contribution >= 0.6 is 0 Å². The summed E-state index contributed by atoms with van der Waals surface area (Å²) < 4.78 is 18.5. The molecule has 0 saturated heterocycles. The summed E-state index contributed by atoms with van der Waals surface area (Å²) in [7, 11) is 1.64. The number of rotatable bonds is 4. The van der Waals surface area contributed by atoms with Gasteiger partial charge in [0.05, 0.1) is 0 Å². The number of hydrogen-bond acceptors (Lipinski definition) is 2. The molecule has 0 amide bonds. The van der Waals surface area contributed by atoms with Crippen molar-refractivity contribution in [2.75, 3.05) is 7.11 Å². The minimum atomic E-state index is -2.77. The Morgan fingerprint density at radius 1 is 1.14 bits per heavy atom. The minimum absolute atomic E-state index is 0.793. The van der Waals surface area contributed by atoms with Crippen LogP contribution in [0.3, 0.4) is 0 Å². The maximum atomic E-state index is 12.4. The van der Waals surface area contributed by atoms with Crippen molar-refractivity contribution >= 4 is 17.8 Å². The van der Waals surface area contributed by atoms with Gasteiger partial charge in [0.2, 0.25) is 0 Å². The van der Waals surface area contributed by atoms with Crippen LogP contribution in [0.5, 0.6) is 5.75 Å². The SMILES string of the molecule is CC[As](=O)(CC)c1ccc(OC)cc1. The Kier molecular flexibility index (Phi) is 3.88. The van der Waals surface area contributed by atoms with E-state index in [1.54, 1.807) is 7.11 Å². The molecule has 1 aromatic carbocycles. The van der Waals surface area contributed by atoms with E-state index in [-0.39, 0.29) is 0 Å². The van der Waals surface area contributed by atoms with Gasteiger partial charge in [-0.25, -0.2) is 0 Å². The van der Waals surface area contributed by atoms with Gasteiger partial charge < -0.3 is 0 Å².